The number of aliphatic carboxylic acids is 1. The van der Waals surface area contributed by atoms with E-state index in [9.17, 15) is 29.4 Å². The highest BCUT2D eigenvalue weighted by atomic mass is 16.6. The molecule has 0 aromatic heterocycles. The summed E-state index contributed by atoms with van der Waals surface area (Å²) in [4.78, 5) is 46.2. The van der Waals surface area contributed by atoms with Crippen LogP contribution in [-0.4, -0.2) is 40.2 Å². The number of carbonyl (C=O) groups is 4. The van der Waals surface area contributed by atoms with Gasteiger partial charge in [-0.1, -0.05) is 40.5 Å². The Labute approximate surface area is 166 Å². The molecule has 0 aromatic carbocycles. The van der Waals surface area contributed by atoms with Crippen LogP contribution in [0.2, 0.25) is 0 Å². The zero-order valence-electron chi connectivity index (χ0n) is 17.5. The number of esters is 3. The smallest absolute Gasteiger partial charge is 0.316 e. The van der Waals surface area contributed by atoms with Crippen molar-refractivity contribution in [2.24, 2.45) is 5.92 Å². The van der Waals surface area contributed by atoms with Crippen LogP contribution in [0.15, 0.2) is 0 Å². The average molecular weight is 401 g/mol. The Morgan fingerprint density at radius 3 is 1.93 bits per heavy atom. The van der Waals surface area contributed by atoms with Crippen LogP contribution in [0.5, 0.6) is 0 Å². The minimum atomic E-state index is -2.82. The van der Waals surface area contributed by atoms with E-state index in [1.165, 1.54) is 0 Å². The van der Waals surface area contributed by atoms with Crippen LogP contribution in [0.1, 0.15) is 86.0 Å². The quantitative estimate of drug-likeness (QED) is 0.364. The molecule has 8 nitrogen and oxygen atoms in total. The second-order valence-corrected chi connectivity index (χ2v) is 7.13. The second-order valence-electron chi connectivity index (χ2n) is 7.13. The van der Waals surface area contributed by atoms with Crippen molar-refractivity contribution >= 4 is 23.9 Å². The molecule has 8 heteroatoms. The van der Waals surface area contributed by atoms with Crippen LogP contribution in [0, 0.1) is 5.92 Å². The van der Waals surface area contributed by atoms with Gasteiger partial charge in [-0.2, -0.15) is 0 Å². The molecule has 162 valence electrons. The molecular weight excluding hydrogens is 368 g/mol. The molecule has 0 saturated carbocycles. The van der Waals surface area contributed by atoms with Crippen LogP contribution in [-0.2, 0) is 28.7 Å². The van der Waals surface area contributed by atoms with Gasteiger partial charge >= 0.3 is 17.9 Å². The van der Waals surface area contributed by atoms with Crippen molar-refractivity contribution in [3.63, 3.8) is 0 Å². The summed E-state index contributed by atoms with van der Waals surface area (Å²) in [6.07, 6.45) is 2.61. The molecule has 2 atom stereocenters. The highest BCUT2D eigenvalue weighted by Crippen LogP contribution is 2.36. The standard InChI is InChI=1S/C20H34O8/c1-6-10-11-15(7-2)20(8-3,9-4)28-17(23)13-19(26,18(24)25)12-16(22)27-14(5)21/h15,26H,6-13H2,1-5H3,(H,24,25)/p-1. The number of unbranched alkanes of at least 4 members (excludes halogenated alkanes) is 1. The molecule has 0 aliphatic heterocycles. The average Bonchev–Trinajstić information content (AvgIpc) is 2.59. The molecule has 0 heterocycles. The zero-order chi connectivity index (χ0) is 22.0. The molecule has 0 amide bonds. The van der Waals surface area contributed by atoms with E-state index in [-0.39, 0.29) is 5.92 Å². The first-order valence-corrected chi connectivity index (χ1v) is 9.87. The van der Waals surface area contributed by atoms with E-state index >= 15 is 0 Å². The molecule has 1 N–H and O–H groups in total. The number of hydrogen-bond acceptors (Lipinski definition) is 8. The van der Waals surface area contributed by atoms with Crippen LogP contribution in [0.3, 0.4) is 0 Å². The topological polar surface area (TPSA) is 130 Å². The highest BCUT2D eigenvalue weighted by Gasteiger charge is 2.42. The molecule has 0 rings (SSSR count). The largest absolute Gasteiger partial charge is 0.547 e. The van der Waals surface area contributed by atoms with E-state index in [2.05, 4.69) is 11.7 Å². The Morgan fingerprint density at radius 2 is 1.54 bits per heavy atom. The summed E-state index contributed by atoms with van der Waals surface area (Å²) in [5, 5.41) is 21.6. The van der Waals surface area contributed by atoms with Crippen molar-refractivity contribution in [3.05, 3.63) is 0 Å². The fraction of sp³-hybridized carbons (Fsp3) is 0.800. The van der Waals surface area contributed by atoms with Gasteiger partial charge < -0.3 is 24.5 Å². The number of aliphatic hydroxyl groups is 1. The van der Waals surface area contributed by atoms with Gasteiger partial charge in [0.25, 0.3) is 0 Å². The second kappa shape index (κ2) is 11.8. The number of carboxylic acid groups (broad SMARTS) is 1. The first-order chi connectivity index (χ1) is 13.0. The molecule has 0 aromatic rings. The maximum absolute atomic E-state index is 12.5. The normalized spacial score (nSPS) is 14.6. The van der Waals surface area contributed by atoms with Crippen molar-refractivity contribution in [1.82, 2.24) is 0 Å². The number of rotatable bonds is 13. The van der Waals surface area contributed by atoms with E-state index in [0.717, 1.165) is 32.6 Å². The lowest BCUT2D eigenvalue weighted by molar-refractivity contribution is -0.325. The predicted octanol–water partition coefficient (Wildman–Crippen LogP) is 1.66. The van der Waals surface area contributed by atoms with Gasteiger partial charge in [0, 0.05) is 6.92 Å². The zero-order valence-corrected chi connectivity index (χ0v) is 17.5. The Kier molecular flexibility index (Phi) is 11.0. The van der Waals surface area contributed by atoms with E-state index in [1.807, 2.05) is 20.8 Å². The molecule has 0 saturated heterocycles. The van der Waals surface area contributed by atoms with Gasteiger partial charge in [-0.05, 0) is 31.6 Å². The number of ether oxygens (including phenoxy) is 2. The number of carbonyl (C=O) groups excluding carboxylic acids is 4. The Bertz CT molecular complexity index is 552. The summed E-state index contributed by atoms with van der Waals surface area (Å²) < 4.78 is 9.93. The summed E-state index contributed by atoms with van der Waals surface area (Å²) >= 11 is 0. The maximum Gasteiger partial charge on any atom is 0.316 e. The maximum atomic E-state index is 12.5. The third-order valence-electron chi connectivity index (χ3n) is 5.17. The molecule has 0 bridgehead atoms. The fourth-order valence-electron chi connectivity index (χ4n) is 3.49. The van der Waals surface area contributed by atoms with Crippen molar-refractivity contribution < 1.29 is 38.9 Å². The van der Waals surface area contributed by atoms with Gasteiger partial charge in [0.2, 0.25) is 0 Å². The lowest BCUT2D eigenvalue weighted by Gasteiger charge is -2.40. The molecule has 28 heavy (non-hydrogen) atoms. The van der Waals surface area contributed by atoms with Crippen LogP contribution < -0.4 is 5.11 Å². The summed E-state index contributed by atoms with van der Waals surface area (Å²) in [6, 6.07) is 0. The number of hydrogen-bond donors (Lipinski definition) is 1. The fourth-order valence-corrected chi connectivity index (χ4v) is 3.49. The van der Waals surface area contributed by atoms with E-state index in [1.54, 1.807) is 0 Å². The Balaban J connectivity index is 5.40. The van der Waals surface area contributed by atoms with Crippen molar-refractivity contribution in [3.8, 4) is 0 Å². The van der Waals surface area contributed by atoms with E-state index < -0.39 is 47.9 Å². The highest BCUT2D eigenvalue weighted by molar-refractivity contribution is 5.91. The minimum Gasteiger partial charge on any atom is -0.547 e. The summed E-state index contributed by atoms with van der Waals surface area (Å²) in [6.45, 7) is 8.81. The van der Waals surface area contributed by atoms with Gasteiger partial charge in [-0.3, -0.25) is 14.4 Å². The van der Waals surface area contributed by atoms with Gasteiger partial charge in [0.1, 0.15) is 11.2 Å². The Hall–Kier alpha value is -1.96. The third-order valence-corrected chi connectivity index (χ3v) is 5.17. The van der Waals surface area contributed by atoms with Gasteiger partial charge in [-0.25, -0.2) is 0 Å². The molecular formula is C20H33O8-. The molecule has 2 unspecified atom stereocenters. The predicted molar refractivity (Wildman–Crippen MR) is 98.7 cm³/mol. The molecule has 0 radical (unpaired) electrons. The molecule has 0 fully saturated rings. The van der Waals surface area contributed by atoms with Gasteiger partial charge in [-0.15, -0.1) is 0 Å². The van der Waals surface area contributed by atoms with Gasteiger partial charge in [0.05, 0.1) is 18.8 Å². The minimum absolute atomic E-state index is 0.0881. The van der Waals surface area contributed by atoms with Crippen LogP contribution in [0.4, 0.5) is 0 Å². The lowest BCUT2D eigenvalue weighted by Crippen LogP contribution is -2.52. The molecule has 0 aliphatic rings. The van der Waals surface area contributed by atoms with Crippen molar-refractivity contribution in [1.29, 1.82) is 0 Å². The van der Waals surface area contributed by atoms with Crippen molar-refractivity contribution in [2.75, 3.05) is 0 Å². The monoisotopic (exact) mass is 401 g/mol. The Morgan fingerprint density at radius 1 is 1.00 bits per heavy atom. The summed E-state index contributed by atoms with van der Waals surface area (Å²) in [5.41, 5.74) is -3.60. The summed E-state index contributed by atoms with van der Waals surface area (Å²) in [5.74, 6) is -5.09. The SMILES string of the molecule is CCCCC(CC)C(CC)(CC)OC(=O)CC(O)(CC(=O)OC(C)=O)C(=O)[O-]. The summed E-state index contributed by atoms with van der Waals surface area (Å²) in [7, 11) is 0. The van der Waals surface area contributed by atoms with Gasteiger partial charge in [0.15, 0.2) is 0 Å². The first kappa shape index (κ1) is 26.0. The van der Waals surface area contributed by atoms with E-state index in [4.69, 9.17) is 4.74 Å². The lowest BCUT2D eigenvalue weighted by atomic mass is 9.78. The van der Waals surface area contributed by atoms with E-state index in [0.29, 0.717) is 12.8 Å². The van der Waals surface area contributed by atoms with Crippen LogP contribution in [0.25, 0.3) is 0 Å². The molecule has 0 spiro atoms. The molecule has 0 aliphatic carbocycles. The van der Waals surface area contributed by atoms with Crippen molar-refractivity contribution in [2.45, 2.75) is 97.2 Å². The third kappa shape index (κ3) is 7.58. The first-order valence-electron chi connectivity index (χ1n) is 9.87. The number of carboxylic acids is 1. The van der Waals surface area contributed by atoms with Crippen LogP contribution >= 0.6 is 0 Å².